The molecule has 1 aromatic carbocycles. The lowest BCUT2D eigenvalue weighted by atomic mass is 9.93. The summed E-state index contributed by atoms with van der Waals surface area (Å²) in [6, 6.07) is 10.5. The van der Waals surface area contributed by atoms with Gasteiger partial charge in [0.2, 0.25) is 5.91 Å². The van der Waals surface area contributed by atoms with Gasteiger partial charge in [-0.2, -0.15) is 16.9 Å². The van der Waals surface area contributed by atoms with Crippen molar-refractivity contribution in [3.8, 4) is 0 Å². The summed E-state index contributed by atoms with van der Waals surface area (Å²) in [6.45, 7) is 2.74. The maximum atomic E-state index is 12.2. The third kappa shape index (κ3) is 3.61. The number of rotatable bonds is 5. The molecule has 5 heteroatoms. The summed E-state index contributed by atoms with van der Waals surface area (Å²) in [5, 5.41) is 7.75. The Hall–Kier alpha value is -1.75. The molecule has 2 aromatic rings. The number of nitrogens with zero attached hydrogens (tertiary/aromatic N) is 2. The minimum atomic E-state index is -0.0141. The molecule has 1 aliphatic carbocycles. The van der Waals surface area contributed by atoms with Crippen molar-refractivity contribution in [2.75, 3.05) is 6.26 Å². The van der Waals surface area contributed by atoms with Gasteiger partial charge in [-0.1, -0.05) is 30.3 Å². The van der Waals surface area contributed by atoms with E-state index in [-0.39, 0.29) is 17.2 Å². The van der Waals surface area contributed by atoms with Crippen LogP contribution in [0.5, 0.6) is 0 Å². The second kappa shape index (κ2) is 7.21. The Bertz CT molecular complexity index is 668. The molecule has 1 amide bonds. The van der Waals surface area contributed by atoms with Gasteiger partial charge in [-0.3, -0.25) is 9.48 Å². The van der Waals surface area contributed by atoms with E-state index in [1.807, 2.05) is 25.4 Å². The Kier molecular flexibility index (Phi) is 5.06. The van der Waals surface area contributed by atoms with Gasteiger partial charge in [-0.15, -0.1) is 0 Å². The predicted octanol–water partition coefficient (Wildman–Crippen LogP) is 3.18. The van der Waals surface area contributed by atoms with Crippen molar-refractivity contribution >= 4 is 17.7 Å². The summed E-state index contributed by atoms with van der Waals surface area (Å²) in [5.74, 6) is 0.117. The van der Waals surface area contributed by atoms with Gasteiger partial charge in [0.1, 0.15) is 0 Å². The molecule has 0 saturated heterocycles. The van der Waals surface area contributed by atoms with Crippen LogP contribution in [0.1, 0.15) is 42.6 Å². The normalized spacial score (nSPS) is 18.3. The zero-order chi connectivity index (χ0) is 16.2. The summed E-state index contributed by atoms with van der Waals surface area (Å²) < 4.78 is 2.08. The summed E-state index contributed by atoms with van der Waals surface area (Å²) >= 11 is 1.58. The summed E-state index contributed by atoms with van der Waals surface area (Å²) in [4.78, 5) is 12.2. The van der Waals surface area contributed by atoms with Crippen LogP contribution < -0.4 is 5.32 Å². The standard InChI is InChI=1S/C18H23N3OS/c1-13(23-2)18(22)20-16-9-6-10-17-15(16)11-19-21(17)12-14-7-4-3-5-8-14/h3-5,7-8,11,13,16H,6,9-10,12H2,1-2H3,(H,20,22)/t13-,16-/m1/s1. The van der Waals surface area contributed by atoms with E-state index in [9.17, 15) is 4.79 Å². The maximum Gasteiger partial charge on any atom is 0.233 e. The molecule has 0 spiro atoms. The first kappa shape index (κ1) is 16.1. The molecule has 1 heterocycles. The van der Waals surface area contributed by atoms with E-state index >= 15 is 0 Å². The molecular weight excluding hydrogens is 306 g/mol. The van der Waals surface area contributed by atoms with Crippen LogP contribution in [-0.4, -0.2) is 27.2 Å². The highest BCUT2D eigenvalue weighted by atomic mass is 32.2. The molecule has 122 valence electrons. The van der Waals surface area contributed by atoms with Crippen molar-refractivity contribution < 1.29 is 4.79 Å². The van der Waals surface area contributed by atoms with Gasteiger partial charge in [0, 0.05) is 11.3 Å². The average Bonchev–Trinajstić information content (AvgIpc) is 2.99. The molecule has 0 fully saturated rings. The van der Waals surface area contributed by atoms with E-state index in [0.29, 0.717) is 0 Å². The number of hydrogen-bond acceptors (Lipinski definition) is 3. The van der Waals surface area contributed by atoms with Gasteiger partial charge in [-0.25, -0.2) is 0 Å². The number of hydrogen-bond donors (Lipinski definition) is 1. The van der Waals surface area contributed by atoms with Crippen LogP contribution in [-0.2, 0) is 17.8 Å². The second-order valence-corrected chi connectivity index (χ2v) is 7.20. The van der Waals surface area contributed by atoms with Crippen LogP contribution in [0.4, 0.5) is 0 Å². The minimum absolute atomic E-state index is 0.0141. The lowest BCUT2D eigenvalue weighted by molar-refractivity contribution is -0.121. The summed E-state index contributed by atoms with van der Waals surface area (Å²) in [5.41, 5.74) is 3.71. The average molecular weight is 329 g/mol. The van der Waals surface area contributed by atoms with Gasteiger partial charge in [0.25, 0.3) is 0 Å². The lowest BCUT2D eigenvalue weighted by Gasteiger charge is -2.25. The Morgan fingerprint density at radius 3 is 2.96 bits per heavy atom. The van der Waals surface area contributed by atoms with E-state index in [2.05, 4.69) is 39.4 Å². The van der Waals surface area contributed by atoms with Gasteiger partial charge in [-0.05, 0) is 38.0 Å². The van der Waals surface area contributed by atoms with Crippen molar-refractivity contribution in [3.63, 3.8) is 0 Å². The number of carbonyl (C=O) groups excluding carboxylic acids is 1. The minimum Gasteiger partial charge on any atom is -0.348 e. The third-order valence-corrected chi connectivity index (χ3v) is 5.40. The first-order chi connectivity index (χ1) is 11.2. The van der Waals surface area contributed by atoms with Crippen LogP contribution in [0.25, 0.3) is 0 Å². The van der Waals surface area contributed by atoms with Crippen LogP contribution in [0, 0.1) is 0 Å². The zero-order valence-corrected chi connectivity index (χ0v) is 14.5. The first-order valence-corrected chi connectivity index (χ1v) is 9.39. The van der Waals surface area contributed by atoms with E-state index < -0.39 is 0 Å². The van der Waals surface area contributed by atoms with Crippen molar-refractivity contribution in [2.45, 2.75) is 44.0 Å². The van der Waals surface area contributed by atoms with Gasteiger partial charge < -0.3 is 5.32 Å². The highest BCUT2D eigenvalue weighted by Gasteiger charge is 2.26. The molecule has 0 saturated carbocycles. The smallest absolute Gasteiger partial charge is 0.233 e. The molecule has 4 nitrogen and oxygen atoms in total. The van der Waals surface area contributed by atoms with Crippen LogP contribution >= 0.6 is 11.8 Å². The second-order valence-electron chi connectivity index (χ2n) is 6.02. The highest BCUT2D eigenvalue weighted by molar-refractivity contribution is 7.99. The molecule has 0 aliphatic heterocycles. The quantitative estimate of drug-likeness (QED) is 0.916. The Morgan fingerprint density at radius 2 is 2.22 bits per heavy atom. The molecule has 0 unspecified atom stereocenters. The number of thioether (sulfide) groups is 1. The number of carbonyl (C=O) groups is 1. The molecule has 1 N–H and O–H groups in total. The topological polar surface area (TPSA) is 46.9 Å². The van der Waals surface area contributed by atoms with Gasteiger partial charge in [0.05, 0.1) is 24.0 Å². The number of benzene rings is 1. The molecule has 23 heavy (non-hydrogen) atoms. The van der Waals surface area contributed by atoms with Crippen molar-refractivity contribution in [3.05, 3.63) is 53.3 Å². The number of amides is 1. The molecule has 0 radical (unpaired) electrons. The molecule has 2 atom stereocenters. The lowest BCUT2D eigenvalue weighted by Crippen LogP contribution is -2.35. The fraction of sp³-hybridized carbons (Fsp3) is 0.444. The Balaban J connectivity index is 1.77. The Morgan fingerprint density at radius 1 is 1.43 bits per heavy atom. The van der Waals surface area contributed by atoms with Gasteiger partial charge >= 0.3 is 0 Å². The molecule has 1 aliphatic rings. The number of fused-ring (bicyclic) bond motifs is 1. The molecular formula is C18H23N3OS. The van der Waals surface area contributed by atoms with E-state index in [4.69, 9.17) is 0 Å². The Labute approximate surface area is 141 Å². The van der Waals surface area contributed by atoms with Crippen molar-refractivity contribution in [1.29, 1.82) is 0 Å². The van der Waals surface area contributed by atoms with Crippen LogP contribution in [0.2, 0.25) is 0 Å². The number of nitrogens with one attached hydrogen (secondary N) is 1. The molecule has 1 aromatic heterocycles. The SMILES string of the molecule is CS[C@H](C)C(=O)N[C@@H]1CCCc2c1cnn2Cc1ccccc1. The van der Waals surface area contributed by atoms with Crippen LogP contribution in [0.15, 0.2) is 36.5 Å². The zero-order valence-electron chi connectivity index (χ0n) is 13.7. The van der Waals surface area contributed by atoms with E-state index in [1.165, 1.54) is 16.8 Å². The predicted molar refractivity (Wildman–Crippen MR) is 94.6 cm³/mol. The van der Waals surface area contributed by atoms with Crippen LogP contribution in [0.3, 0.4) is 0 Å². The highest BCUT2D eigenvalue weighted by Crippen LogP contribution is 2.30. The fourth-order valence-corrected chi connectivity index (χ4v) is 3.34. The first-order valence-electron chi connectivity index (χ1n) is 8.10. The monoisotopic (exact) mass is 329 g/mol. The van der Waals surface area contributed by atoms with Crippen molar-refractivity contribution in [1.82, 2.24) is 15.1 Å². The summed E-state index contributed by atoms with van der Waals surface area (Å²) in [6.07, 6.45) is 7.02. The largest absolute Gasteiger partial charge is 0.348 e. The maximum absolute atomic E-state index is 12.2. The molecule has 0 bridgehead atoms. The summed E-state index contributed by atoms with van der Waals surface area (Å²) in [7, 11) is 0. The fourth-order valence-electron chi connectivity index (χ4n) is 3.06. The van der Waals surface area contributed by atoms with E-state index in [1.54, 1.807) is 11.8 Å². The number of aromatic nitrogens is 2. The van der Waals surface area contributed by atoms with E-state index in [0.717, 1.165) is 25.8 Å². The van der Waals surface area contributed by atoms with Crippen molar-refractivity contribution in [2.24, 2.45) is 0 Å². The third-order valence-electron chi connectivity index (χ3n) is 4.48. The van der Waals surface area contributed by atoms with Gasteiger partial charge in [0.15, 0.2) is 0 Å². The molecule has 3 rings (SSSR count).